The van der Waals surface area contributed by atoms with Crippen LogP contribution in [0.5, 0.6) is 0 Å². The van der Waals surface area contributed by atoms with Crippen LogP contribution in [-0.4, -0.2) is 34.0 Å². The summed E-state index contributed by atoms with van der Waals surface area (Å²) in [5.74, 6) is 0.491. The summed E-state index contributed by atoms with van der Waals surface area (Å²) in [5, 5.41) is 5.22. The number of hydrogen-bond donors (Lipinski definition) is 2. The number of piperidine rings is 1. The Morgan fingerprint density at radius 3 is 2.95 bits per heavy atom. The fraction of sp³-hybridized carbons (Fsp3) is 0.500. The van der Waals surface area contributed by atoms with Gasteiger partial charge in [0.05, 0.1) is 12.4 Å². The predicted octanol–water partition coefficient (Wildman–Crippen LogP) is 3.51. The van der Waals surface area contributed by atoms with Gasteiger partial charge in [0.15, 0.2) is 0 Å². The number of nitrogens with one attached hydrogen (secondary N) is 2. The molecule has 2 amide bonds. The lowest BCUT2D eigenvalue weighted by Crippen LogP contribution is -2.45. The molecule has 0 saturated carbocycles. The van der Waals surface area contributed by atoms with Crippen molar-refractivity contribution in [3.63, 3.8) is 0 Å². The van der Waals surface area contributed by atoms with Gasteiger partial charge in [-0.3, -0.25) is 0 Å². The first-order valence-corrected chi connectivity index (χ1v) is 8.73. The lowest BCUT2D eigenvalue weighted by atomic mass is 9.94. The molecule has 6 heteroatoms. The highest BCUT2D eigenvalue weighted by Gasteiger charge is 2.25. The molecule has 3 heterocycles. The SMILES string of the molecule is CC[C@@H](NC(=O)N1CCC(c2cnc[nH]2)CC1)c1cccs1. The summed E-state index contributed by atoms with van der Waals surface area (Å²) in [6, 6.07) is 4.30. The quantitative estimate of drug-likeness (QED) is 0.906. The molecule has 1 aliphatic rings. The largest absolute Gasteiger partial charge is 0.348 e. The van der Waals surface area contributed by atoms with Gasteiger partial charge in [0.2, 0.25) is 0 Å². The summed E-state index contributed by atoms with van der Waals surface area (Å²) >= 11 is 1.70. The van der Waals surface area contributed by atoms with Crippen LogP contribution < -0.4 is 5.32 Å². The van der Waals surface area contributed by atoms with Crippen LogP contribution >= 0.6 is 11.3 Å². The van der Waals surface area contributed by atoms with Crippen LogP contribution in [0.25, 0.3) is 0 Å². The van der Waals surface area contributed by atoms with E-state index in [4.69, 9.17) is 0 Å². The molecule has 2 aromatic heterocycles. The predicted molar refractivity (Wildman–Crippen MR) is 88.0 cm³/mol. The van der Waals surface area contributed by atoms with Crippen molar-refractivity contribution < 1.29 is 4.79 Å². The molecular weight excluding hydrogens is 296 g/mol. The summed E-state index contributed by atoms with van der Waals surface area (Å²) in [6.45, 7) is 3.71. The molecule has 1 saturated heterocycles. The Kier molecular flexibility index (Phi) is 4.77. The Labute approximate surface area is 134 Å². The minimum atomic E-state index is 0.0586. The lowest BCUT2D eigenvalue weighted by Gasteiger charge is -2.32. The molecular formula is C16H22N4OS. The Balaban J connectivity index is 1.53. The second-order valence-corrected chi connectivity index (χ2v) is 6.67. The zero-order valence-corrected chi connectivity index (χ0v) is 13.6. The van der Waals surface area contributed by atoms with Crippen molar-refractivity contribution in [2.75, 3.05) is 13.1 Å². The third kappa shape index (κ3) is 3.32. The number of hydrogen-bond acceptors (Lipinski definition) is 3. The molecule has 5 nitrogen and oxygen atoms in total. The van der Waals surface area contributed by atoms with Crippen LogP contribution in [0.3, 0.4) is 0 Å². The molecule has 1 fully saturated rings. The molecule has 0 aromatic carbocycles. The van der Waals surface area contributed by atoms with Gasteiger partial charge in [-0.25, -0.2) is 9.78 Å². The van der Waals surface area contributed by atoms with Crippen LogP contribution in [0.1, 0.15) is 48.7 Å². The Bertz CT molecular complexity index is 573. The standard InChI is InChI=1S/C16H22N4OS/c1-2-13(15-4-3-9-22-15)19-16(21)20-7-5-12(6-8-20)14-10-17-11-18-14/h3-4,9-13H,2,5-8H2,1H3,(H,17,18)(H,19,21)/t13-/m1/s1. The monoisotopic (exact) mass is 318 g/mol. The van der Waals surface area contributed by atoms with E-state index in [1.54, 1.807) is 17.7 Å². The van der Waals surface area contributed by atoms with E-state index in [0.717, 1.165) is 32.4 Å². The molecule has 2 N–H and O–H groups in total. The van der Waals surface area contributed by atoms with Gasteiger partial charge in [0.25, 0.3) is 0 Å². The molecule has 1 aliphatic heterocycles. The number of aromatic amines is 1. The maximum atomic E-state index is 12.5. The fourth-order valence-electron chi connectivity index (χ4n) is 2.99. The van der Waals surface area contributed by atoms with Crippen molar-refractivity contribution in [1.82, 2.24) is 20.2 Å². The maximum absolute atomic E-state index is 12.5. The first kappa shape index (κ1) is 15.1. The molecule has 0 unspecified atom stereocenters. The number of urea groups is 1. The Morgan fingerprint density at radius 1 is 1.55 bits per heavy atom. The number of carbonyl (C=O) groups is 1. The number of carbonyl (C=O) groups excluding carboxylic acids is 1. The number of imidazole rings is 1. The first-order valence-electron chi connectivity index (χ1n) is 7.85. The van der Waals surface area contributed by atoms with Crippen LogP contribution in [-0.2, 0) is 0 Å². The molecule has 0 radical (unpaired) electrons. The number of nitrogens with zero attached hydrogens (tertiary/aromatic N) is 2. The molecule has 2 aromatic rings. The molecule has 22 heavy (non-hydrogen) atoms. The second kappa shape index (κ2) is 6.96. The summed E-state index contributed by atoms with van der Waals surface area (Å²) < 4.78 is 0. The van der Waals surface area contributed by atoms with Crippen molar-refractivity contribution in [2.45, 2.75) is 38.1 Å². The van der Waals surface area contributed by atoms with E-state index in [-0.39, 0.29) is 12.1 Å². The highest BCUT2D eigenvalue weighted by Crippen LogP contribution is 2.27. The average Bonchev–Trinajstić information content (AvgIpc) is 3.25. The smallest absolute Gasteiger partial charge is 0.317 e. The Hall–Kier alpha value is -1.82. The molecule has 1 atom stereocenters. The van der Waals surface area contributed by atoms with Gasteiger partial charge in [-0.05, 0) is 30.7 Å². The highest BCUT2D eigenvalue weighted by molar-refractivity contribution is 7.10. The van der Waals surface area contributed by atoms with Crippen LogP contribution in [0.2, 0.25) is 0 Å². The summed E-state index contributed by atoms with van der Waals surface area (Å²) in [7, 11) is 0. The number of rotatable bonds is 4. The van der Waals surface area contributed by atoms with Crippen LogP contribution in [0.4, 0.5) is 4.79 Å². The first-order chi connectivity index (χ1) is 10.8. The fourth-order valence-corrected chi connectivity index (χ4v) is 3.85. The average molecular weight is 318 g/mol. The van der Waals surface area contributed by atoms with Crippen molar-refractivity contribution in [1.29, 1.82) is 0 Å². The van der Waals surface area contributed by atoms with Crippen molar-refractivity contribution in [3.8, 4) is 0 Å². The van der Waals surface area contributed by atoms with Crippen molar-refractivity contribution in [3.05, 3.63) is 40.6 Å². The highest BCUT2D eigenvalue weighted by atomic mass is 32.1. The minimum Gasteiger partial charge on any atom is -0.348 e. The van der Waals surface area contributed by atoms with Crippen molar-refractivity contribution >= 4 is 17.4 Å². The number of likely N-dealkylation sites (tertiary alicyclic amines) is 1. The number of thiophene rings is 1. The number of aromatic nitrogens is 2. The van der Waals surface area contributed by atoms with Gasteiger partial charge in [-0.1, -0.05) is 13.0 Å². The molecule has 118 valence electrons. The molecule has 0 bridgehead atoms. The Morgan fingerprint density at radius 2 is 2.36 bits per heavy atom. The minimum absolute atomic E-state index is 0.0586. The normalized spacial score (nSPS) is 17.4. The van der Waals surface area contributed by atoms with Gasteiger partial charge in [0.1, 0.15) is 0 Å². The van der Waals surface area contributed by atoms with E-state index in [2.05, 4.69) is 33.7 Å². The molecule has 3 rings (SSSR count). The van der Waals surface area contributed by atoms with E-state index >= 15 is 0 Å². The number of amides is 2. The zero-order chi connectivity index (χ0) is 15.4. The van der Waals surface area contributed by atoms with E-state index < -0.39 is 0 Å². The van der Waals surface area contributed by atoms with Gasteiger partial charge in [0, 0.05) is 35.8 Å². The van der Waals surface area contributed by atoms with Crippen LogP contribution in [0.15, 0.2) is 30.0 Å². The molecule has 0 spiro atoms. The van der Waals surface area contributed by atoms with E-state index in [0.29, 0.717) is 5.92 Å². The topological polar surface area (TPSA) is 61.0 Å². The van der Waals surface area contributed by atoms with E-state index in [1.807, 2.05) is 17.2 Å². The third-order valence-electron chi connectivity index (χ3n) is 4.33. The summed E-state index contributed by atoms with van der Waals surface area (Å²) in [5.41, 5.74) is 1.19. The van der Waals surface area contributed by atoms with Gasteiger partial charge in [-0.2, -0.15) is 0 Å². The van der Waals surface area contributed by atoms with E-state index in [1.165, 1.54) is 10.6 Å². The number of H-pyrrole nitrogens is 1. The van der Waals surface area contributed by atoms with Gasteiger partial charge < -0.3 is 15.2 Å². The van der Waals surface area contributed by atoms with E-state index in [9.17, 15) is 4.79 Å². The van der Waals surface area contributed by atoms with Crippen molar-refractivity contribution in [2.24, 2.45) is 0 Å². The summed E-state index contributed by atoms with van der Waals surface area (Å²) in [6.07, 6.45) is 6.51. The lowest BCUT2D eigenvalue weighted by molar-refractivity contribution is 0.177. The maximum Gasteiger partial charge on any atom is 0.317 e. The summed E-state index contributed by atoms with van der Waals surface area (Å²) in [4.78, 5) is 22.9. The zero-order valence-electron chi connectivity index (χ0n) is 12.8. The van der Waals surface area contributed by atoms with Crippen LogP contribution in [0, 0.1) is 0 Å². The third-order valence-corrected chi connectivity index (χ3v) is 5.32. The van der Waals surface area contributed by atoms with Gasteiger partial charge in [-0.15, -0.1) is 11.3 Å². The van der Waals surface area contributed by atoms with Gasteiger partial charge >= 0.3 is 6.03 Å². The molecule has 0 aliphatic carbocycles. The second-order valence-electron chi connectivity index (χ2n) is 5.69.